The Morgan fingerprint density at radius 2 is 1.88 bits per heavy atom. The van der Waals surface area contributed by atoms with E-state index in [2.05, 4.69) is 47.8 Å². The Kier molecular flexibility index (Phi) is 2.42. The third-order valence-electron chi connectivity index (χ3n) is 4.39. The van der Waals surface area contributed by atoms with Gasteiger partial charge in [-0.2, -0.15) is 0 Å². The lowest BCUT2D eigenvalue weighted by Gasteiger charge is -2.13. The van der Waals surface area contributed by atoms with Crippen LogP contribution in [0.5, 0.6) is 0 Å². The number of piperidine rings is 1. The van der Waals surface area contributed by atoms with Crippen LogP contribution in [0.2, 0.25) is 0 Å². The van der Waals surface area contributed by atoms with E-state index in [1.807, 2.05) is 0 Å². The van der Waals surface area contributed by atoms with Gasteiger partial charge in [-0.15, -0.1) is 12.4 Å². The normalized spacial score (nSPS) is 29.8. The molecule has 0 radical (unpaired) electrons. The quantitative estimate of drug-likeness (QED) is 0.814. The molecule has 2 atom stereocenters. The molecule has 4 rings (SSSR count). The van der Waals surface area contributed by atoms with E-state index in [9.17, 15) is 0 Å². The first-order chi connectivity index (χ1) is 7.88. The lowest BCUT2D eigenvalue weighted by Crippen LogP contribution is -2.19. The number of hydrogen-bond acceptors (Lipinski definition) is 1. The van der Waals surface area contributed by atoms with Gasteiger partial charge in [-0.3, -0.25) is 0 Å². The minimum absolute atomic E-state index is 0. The molecule has 88 valence electrons. The monoisotopic (exact) mass is 245 g/mol. The third kappa shape index (κ3) is 1.50. The minimum atomic E-state index is 0. The molecule has 1 heterocycles. The van der Waals surface area contributed by atoms with Crippen molar-refractivity contribution in [2.45, 2.75) is 11.8 Å². The standard InChI is InChI=1S/C15H15N.ClH/c1-2-4-12-7-13(6-5-11(12)3-1)15-8-14(15)9-16-10-15;/h1-7,14,16H,8-10H2;1H. The maximum atomic E-state index is 3.51. The molecule has 1 nitrogen and oxygen atoms in total. The molecular formula is C15H16ClN. The van der Waals surface area contributed by atoms with Crippen molar-refractivity contribution in [1.82, 2.24) is 5.32 Å². The Bertz CT molecular complexity index is 566. The van der Waals surface area contributed by atoms with E-state index in [1.165, 1.54) is 30.3 Å². The number of benzene rings is 2. The van der Waals surface area contributed by atoms with Gasteiger partial charge in [0.15, 0.2) is 0 Å². The van der Waals surface area contributed by atoms with E-state index < -0.39 is 0 Å². The smallest absolute Gasteiger partial charge is 0.0122 e. The van der Waals surface area contributed by atoms with Crippen LogP contribution in [0.15, 0.2) is 42.5 Å². The molecule has 17 heavy (non-hydrogen) atoms. The molecule has 1 aliphatic carbocycles. The topological polar surface area (TPSA) is 12.0 Å². The molecule has 0 spiro atoms. The van der Waals surface area contributed by atoms with Crippen molar-refractivity contribution in [3.63, 3.8) is 0 Å². The van der Waals surface area contributed by atoms with E-state index >= 15 is 0 Å². The summed E-state index contributed by atoms with van der Waals surface area (Å²) >= 11 is 0. The van der Waals surface area contributed by atoms with Crippen LogP contribution < -0.4 is 5.32 Å². The molecule has 2 aromatic rings. The summed E-state index contributed by atoms with van der Waals surface area (Å²) in [6.45, 7) is 2.39. The molecule has 2 aromatic carbocycles. The van der Waals surface area contributed by atoms with Crippen molar-refractivity contribution < 1.29 is 0 Å². The first kappa shape index (κ1) is 11.1. The molecule has 1 saturated heterocycles. The van der Waals surface area contributed by atoms with E-state index in [0.717, 1.165) is 5.92 Å². The fraction of sp³-hybridized carbons (Fsp3) is 0.333. The minimum Gasteiger partial charge on any atom is -0.316 e. The molecule has 2 unspecified atom stereocenters. The highest BCUT2D eigenvalue weighted by atomic mass is 35.5. The van der Waals surface area contributed by atoms with Gasteiger partial charge in [-0.25, -0.2) is 0 Å². The Labute approximate surface area is 108 Å². The summed E-state index contributed by atoms with van der Waals surface area (Å²) in [6, 6.07) is 15.6. The molecule has 1 saturated carbocycles. The zero-order chi connectivity index (χ0) is 10.6. The van der Waals surface area contributed by atoms with Gasteiger partial charge in [0.25, 0.3) is 0 Å². The first-order valence-electron chi connectivity index (χ1n) is 6.08. The van der Waals surface area contributed by atoms with Crippen molar-refractivity contribution in [3.8, 4) is 0 Å². The van der Waals surface area contributed by atoms with E-state index in [-0.39, 0.29) is 12.4 Å². The van der Waals surface area contributed by atoms with Crippen LogP contribution in [-0.4, -0.2) is 13.1 Å². The maximum absolute atomic E-state index is 3.51. The zero-order valence-electron chi connectivity index (χ0n) is 9.65. The van der Waals surface area contributed by atoms with Crippen molar-refractivity contribution in [3.05, 3.63) is 48.0 Å². The van der Waals surface area contributed by atoms with Crippen LogP contribution in [0, 0.1) is 5.92 Å². The number of hydrogen-bond donors (Lipinski definition) is 1. The first-order valence-corrected chi connectivity index (χ1v) is 6.08. The van der Waals surface area contributed by atoms with Crippen LogP contribution >= 0.6 is 12.4 Å². The van der Waals surface area contributed by atoms with Gasteiger partial charge < -0.3 is 5.32 Å². The predicted molar refractivity (Wildman–Crippen MR) is 73.9 cm³/mol. The van der Waals surface area contributed by atoms with Gasteiger partial charge in [-0.1, -0.05) is 42.5 Å². The Morgan fingerprint density at radius 1 is 1.06 bits per heavy atom. The molecule has 0 bridgehead atoms. The van der Waals surface area contributed by atoms with Crippen LogP contribution in [0.4, 0.5) is 0 Å². The van der Waals surface area contributed by atoms with E-state index in [4.69, 9.17) is 0 Å². The second-order valence-electron chi connectivity index (χ2n) is 5.25. The average molecular weight is 246 g/mol. The van der Waals surface area contributed by atoms with Gasteiger partial charge in [0, 0.05) is 12.0 Å². The SMILES string of the molecule is Cl.c1ccc2cc(C34CNCC3C4)ccc2c1. The lowest BCUT2D eigenvalue weighted by atomic mass is 9.93. The fourth-order valence-corrected chi connectivity index (χ4v) is 3.29. The van der Waals surface area contributed by atoms with Gasteiger partial charge in [-0.05, 0) is 35.2 Å². The summed E-state index contributed by atoms with van der Waals surface area (Å²) in [7, 11) is 0. The van der Waals surface area contributed by atoms with Crippen LogP contribution in [-0.2, 0) is 5.41 Å². The second kappa shape index (κ2) is 3.72. The molecule has 0 amide bonds. The fourth-order valence-electron chi connectivity index (χ4n) is 3.29. The van der Waals surface area contributed by atoms with Crippen molar-refractivity contribution in [1.29, 1.82) is 0 Å². The summed E-state index contributed by atoms with van der Waals surface area (Å²) in [5.41, 5.74) is 2.03. The second-order valence-corrected chi connectivity index (χ2v) is 5.25. The van der Waals surface area contributed by atoms with E-state index in [1.54, 1.807) is 5.56 Å². The Hall–Kier alpha value is -1.05. The number of fused-ring (bicyclic) bond motifs is 2. The van der Waals surface area contributed by atoms with Crippen LogP contribution in [0.25, 0.3) is 10.8 Å². The highest BCUT2D eigenvalue weighted by molar-refractivity contribution is 5.85. The molecule has 2 heteroatoms. The molecule has 1 aliphatic heterocycles. The summed E-state index contributed by atoms with van der Waals surface area (Å²) in [4.78, 5) is 0. The zero-order valence-corrected chi connectivity index (χ0v) is 10.5. The van der Waals surface area contributed by atoms with Crippen LogP contribution in [0.3, 0.4) is 0 Å². The van der Waals surface area contributed by atoms with Crippen molar-refractivity contribution >= 4 is 23.2 Å². The Morgan fingerprint density at radius 3 is 2.59 bits per heavy atom. The average Bonchev–Trinajstić information content (AvgIpc) is 2.92. The maximum Gasteiger partial charge on any atom is 0.0122 e. The molecule has 1 N–H and O–H groups in total. The number of rotatable bonds is 1. The lowest BCUT2D eigenvalue weighted by molar-refractivity contribution is 0.676. The number of nitrogens with one attached hydrogen (secondary N) is 1. The van der Waals surface area contributed by atoms with Gasteiger partial charge in [0.1, 0.15) is 0 Å². The van der Waals surface area contributed by atoms with E-state index in [0.29, 0.717) is 5.41 Å². The van der Waals surface area contributed by atoms with Crippen molar-refractivity contribution in [2.75, 3.05) is 13.1 Å². The largest absolute Gasteiger partial charge is 0.316 e. The number of halogens is 1. The molecule has 2 fully saturated rings. The molecular weight excluding hydrogens is 230 g/mol. The molecule has 2 aliphatic rings. The predicted octanol–water partition coefficient (Wildman–Crippen LogP) is 3.12. The summed E-state index contributed by atoms with van der Waals surface area (Å²) < 4.78 is 0. The Balaban J connectivity index is 0.000000902. The van der Waals surface area contributed by atoms with Crippen molar-refractivity contribution in [2.24, 2.45) is 5.92 Å². The van der Waals surface area contributed by atoms with Gasteiger partial charge in [0.05, 0.1) is 0 Å². The highest BCUT2D eigenvalue weighted by Gasteiger charge is 2.57. The van der Waals surface area contributed by atoms with Gasteiger partial charge >= 0.3 is 0 Å². The third-order valence-corrected chi connectivity index (χ3v) is 4.39. The highest BCUT2D eigenvalue weighted by Crippen LogP contribution is 2.56. The molecule has 0 aromatic heterocycles. The summed E-state index contributed by atoms with van der Waals surface area (Å²) in [5.74, 6) is 0.897. The summed E-state index contributed by atoms with van der Waals surface area (Å²) in [6.07, 6.45) is 1.39. The summed E-state index contributed by atoms with van der Waals surface area (Å²) in [5, 5.41) is 6.24. The van der Waals surface area contributed by atoms with Gasteiger partial charge in [0.2, 0.25) is 0 Å². The van der Waals surface area contributed by atoms with Crippen LogP contribution in [0.1, 0.15) is 12.0 Å².